The molecule has 1 fully saturated rings. The molecule has 5 rings (SSSR count). The highest BCUT2D eigenvalue weighted by Crippen LogP contribution is 2.32. The lowest BCUT2D eigenvalue weighted by molar-refractivity contribution is 0.171. The number of benzene rings is 1. The van der Waals surface area contributed by atoms with Gasteiger partial charge in [0, 0.05) is 49.6 Å². The normalized spacial score (nSPS) is 16.8. The summed E-state index contributed by atoms with van der Waals surface area (Å²) in [6.07, 6.45) is 3.54. The number of nitrogens with one attached hydrogen (secondary N) is 1. The van der Waals surface area contributed by atoms with Gasteiger partial charge in [0.25, 0.3) is 0 Å². The minimum atomic E-state index is 0.259. The topological polar surface area (TPSA) is 72.4 Å². The molecule has 1 N–H and O–H groups in total. The molecule has 30 heavy (non-hydrogen) atoms. The molecule has 0 amide bonds. The van der Waals surface area contributed by atoms with Crippen LogP contribution in [0.3, 0.4) is 0 Å². The van der Waals surface area contributed by atoms with Crippen molar-refractivity contribution in [2.24, 2.45) is 5.92 Å². The van der Waals surface area contributed by atoms with E-state index in [0.717, 1.165) is 48.2 Å². The first-order valence-corrected chi connectivity index (χ1v) is 10.4. The third-order valence-electron chi connectivity index (χ3n) is 5.69. The van der Waals surface area contributed by atoms with Crippen LogP contribution in [0.4, 0.5) is 5.82 Å². The lowest BCUT2D eigenvalue weighted by Gasteiger charge is -2.40. The van der Waals surface area contributed by atoms with Crippen LogP contribution in [0.2, 0.25) is 0 Å². The minimum absolute atomic E-state index is 0.259. The molecule has 2 aliphatic rings. The number of ether oxygens (including phenoxy) is 2. The number of hydrogen-bond acceptors (Lipinski definition) is 7. The Bertz CT molecular complexity index is 990. The summed E-state index contributed by atoms with van der Waals surface area (Å²) in [4.78, 5) is 6.31. The minimum Gasteiger partial charge on any atom is -0.486 e. The summed E-state index contributed by atoms with van der Waals surface area (Å²) in [5, 5.41) is 12.4. The standard InChI is InChI=1S/C23H25N5O2/c1-16(19-2-4-21-22(12-19)30-11-10-29-21)25-13-17-14-28(15-17)23-5-3-20(26-27-23)18-6-8-24-9-7-18/h2-9,12,16-17,25H,10-11,13-15H2,1H3. The monoisotopic (exact) mass is 403 g/mol. The van der Waals surface area contributed by atoms with Crippen LogP contribution in [0.5, 0.6) is 11.5 Å². The second-order valence-electron chi connectivity index (χ2n) is 7.82. The molecule has 0 bridgehead atoms. The Labute approximate surface area is 176 Å². The Morgan fingerprint density at radius 1 is 1.00 bits per heavy atom. The maximum Gasteiger partial charge on any atom is 0.161 e. The Balaban J connectivity index is 1.11. The number of anilines is 1. The van der Waals surface area contributed by atoms with Crippen molar-refractivity contribution in [3.05, 3.63) is 60.4 Å². The summed E-state index contributed by atoms with van der Waals surface area (Å²) < 4.78 is 11.3. The van der Waals surface area contributed by atoms with Crippen LogP contribution in [0, 0.1) is 5.92 Å². The molecule has 1 atom stereocenters. The number of pyridine rings is 1. The van der Waals surface area contributed by atoms with Crippen molar-refractivity contribution < 1.29 is 9.47 Å². The Kier molecular flexibility index (Phi) is 5.19. The first-order chi connectivity index (χ1) is 14.8. The SMILES string of the molecule is CC(NCC1CN(c2ccc(-c3ccncc3)nn2)C1)c1ccc2c(c1)OCCO2. The van der Waals surface area contributed by atoms with Gasteiger partial charge < -0.3 is 19.7 Å². The number of rotatable bonds is 6. The van der Waals surface area contributed by atoms with Gasteiger partial charge in [-0.15, -0.1) is 10.2 Å². The lowest BCUT2D eigenvalue weighted by atomic mass is 9.99. The molecular weight excluding hydrogens is 378 g/mol. The van der Waals surface area contributed by atoms with Crippen molar-refractivity contribution >= 4 is 5.82 Å². The molecule has 7 nitrogen and oxygen atoms in total. The van der Waals surface area contributed by atoms with Crippen molar-refractivity contribution in [1.29, 1.82) is 0 Å². The van der Waals surface area contributed by atoms with Crippen LogP contribution in [-0.4, -0.2) is 48.0 Å². The van der Waals surface area contributed by atoms with Gasteiger partial charge >= 0.3 is 0 Å². The molecule has 1 unspecified atom stereocenters. The van der Waals surface area contributed by atoms with E-state index in [1.165, 1.54) is 5.56 Å². The molecule has 1 aromatic carbocycles. The third-order valence-corrected chi connectivity index (χ3v) is 5.69. The zero-order valence-electron chi connectivity index (χ0n) is 17.0. The van der Waals surface area contributed by atoms with Crippen molar-refractivity contribution in [2.75, 3.05) is 37.7 Å². The summed E-state index contributed by atoms with van der Waals surface area (Å²) in [7, 11) is 0. The van der Waals surface area contributed by atoms with Crippen LogP contribution < -0.4 is 19.7 Å². The Morgan fingerprint density at radius 2 is 1.80 bits per heavy atom. The zero-order valence-corrected chi connectivity index (χ0v) is 17.0. The van der Waals surface area contributed by atoms with Crippen LogP contribution >= 0.6 is 0 Å². The van der Waals surface area contributed by atoms with Crippen molar-refractivity contribution in [1.82, 2.24) is 20.5 Å². The molecule has 2 aromatic heterocycles. The smallest absolute Gasteiger partial charge is 0.161 e. The molecular formula is C23H25N5O2. The Morgan fingerprint density at radius 3 is 2.57 bits per heavy atom. The molecule has 154 valence electrons. The van der Waals surface area contributed by atoms with Crippen LogP contribution in [0.15, 0.2) is 54.9 Å². The van der Waals surface area contributed by atoms with E-state index in [4.69, 9.17) is 9.47 Å². The predicted molar refractivity (Wildman–Crippen MR) is 115 cm³/mol. The average molecular weight is 403 g/mol. The fraction of sp³-hybridized carbons (Fsp3) is 0.348. The molecule has 0 saturated carbocycles. The highest BCUT2D eigenvalue weighted by Gasteiger charge is 2.28. The van der Waals surface area contributed by atoms with E-state index >= 15 is 0 Å². The second-order valence-corrected chi connectivity index (χ2v) is 7.82. The predicted octanol–water partition coefficient (Wildman–Crippen LogP) is 3.10. The summed E-state index contributed by atoms with van der Waals surface area (Å²) in [6, 6.07) is 14.4. The molecule has 1 saturated heterocycles. The van der Waals surface area contributed by atoms with Gasteiger partial charge in [0.15, 0.2) is 17.3 Å². The molecule has 0 spiro atoms. The molecule has 7 heteroatoms. The highest BCUT2D eigenvalue weighted by molar-refractivity contribution is 5.59. The van der Waals surface area contributed by atoms with E-state index < -0.39 is 0 Å². The fourth-order valence-corrected chi connectivity index (χ4v) is 3.85. The van der Waals surface area contributed by atoms with Crippen LogP contribution in [0.1, 0.15) is 18.5 Å². The average Bonchev–Trinajstić information content (AvgIpc) is 2.78. The van der Waals surface area contributed by atoms with Crippen LogP contribution in [0.25, 0.3) is 11.3 Å². The van der Waals surface area contributed by atoms with Crippen molar-refractivity contribution in [3.63, 3.8) is 0 Å². The highest BCUT2D eigenvalue weighted by atomic mass is 16.6. The first-order valence-electron chi connectivity index (χ1n) is 10.4. The van der Waals surface area contributed by atoms with Gasteiger partial charge in [0.2, 0.25) is 0 Å². The van der Waals surface area contributed by atoms with E-state index in [1.807, 2.05) is 30.3 Å². The van der Waals surface area contributed by atoms with E-state index in [1.54, 1.807) is 12.4 Å². The summed E-state index contributed by atoms with van der Waals surface area (Å²) in [5.74, 6) is 3.22. The quantitative estimate of drug-likeness (QED) is 0.678. The maximum atomic E-state index is 5.70. The fourth-order valence-electron chi connectivity index (χ4n) is 3.85. The lowest BCUT2D eigenvalue weighted by Crippen LogP contribution is -2.51. The van der Waals surface area contributed by atoms with Crippen molar-refractivity contribution in [3.8, 4) is 22.8 Å². The third kappa shape index (κ3) is 3.93. The number of nitrogens with zero attached hydrogens (tertiary/aromatic N) is 4. The van der Waals surface area contributed by atoms with Gasteiger partial charge in [-0.1, -0.05) is 6.07 Å². The number of hydrogen-bond donors (Lipinski definition) is 1. The zero-order chi connectivity index (χ0) is 20.3. The van der Waals surface area contributed by atoms with Gasteiger partial charge in [-0.2, -0.15) is 0 Å². The summed E-state index contributed by atoms with van der Waals surface area (Å²) in [5.41, 5.74) is 3.11. The van der Waals surface area contributed by atoms with E-state index in [9.17, 15) is 0 Å². The molecule has 4 heterocycles. The van der Waals surface area contributed by atoms with Gasteiger partial charge in [-0.25, -0.2) is 0 Å². The molecule has 3 aromatic rings. The molecule has 2 aliphatic heterocycles. The van der Waals surface area contributed by atoms with Gasteiger partial charge in [0.05, 0.1) is 5.69 Å². The first kappa shape index (κ1) is 18.8. The maximum absolute atomic E-state index is 5.70. The van der Waals surface area contributed by atoms with Crippen LogP contribution in [-0.2, 0) is 0 Å². The van der Waals surface area contributed by atoms with Gasteiger partial charge in [-0.3, -0.25) is 4.98 Å². The second kappa shape index (κ2) is 8.28. The van der Waals surface area contributed by atoms with E-state index in [2.05, 4.69) is 44.5 Å². The summed E-state index contributed by atoms with van der Waals surface area (Å²) >= 11 is 0. The van der Waals surface area contributed by atoms with E-state index in [-0.39, 0.29) is 6.04 Å². The van der Waals surface area contributed by atoms with Crippen molar-refractivity contribution in [2.45, 2.75) is 13.0 Å². The number of fused-ring (bicyclic) bond motifs is 1. The van der Waals surface area contributed by atoms with Gasteiger partial charge in [-0.05, 0) is 48.9 Å². The number of aromatic nitrogens is 3. The molecule has 0 radical (unpaired) electrons. The summed E-state index contributed by atoms with van der Waals surface area (Å²) in [6.45, 7) is 6.37. The van der Waals surface area contributed by atoms with Gasteiger partial charge in [0.1, 0.15) is 13.2 Å². The Hall–Kier alpha value is -3.19. The largest absolute Gasteiger partial charge is 0.486 e. The van der Waals surface area contributed by atoms with E-state index in [0.29, 0.717) is 19.1 Å². The molecule has 0 aliphatic carbocycles.